The highest BCUT2D eigenvalue weighted by Gasteiger charge is 2.39. The lowest BCUT2D eigenvalue weighted by Gasteiger charge is -2.23. The number of nitrogens with one attached hydrogen (secondary N) is 1. The number of benzene rings is 2. The quantitative estimate of drug-likeness (QED) is 0.723. The number of likely N-dealkylation sites (tertiary alicyclic amines) is 1. The molecule has 1 aliphatic heterocycles. The molecule has 0 spiro atoms. The fourth-order valence-corrected chi connectivity index (χ4v) is 4.81. The molecule has 2 amide bonds. The lowest BCUT2D eigenvalue weighted by molar-refractivity contribution is -0.142. The Kier molecular flexibility index (Phi) is 6.17. The van der Waals surface area contributed by atoms with Gasteiger partial charge in [-0.1, -0.05) is 62.4 Å². The van der Waals surface area contributed by atoms with Gasteiger partial charge in [0, 0.05) is 19.0 Å². The number of aliphatic carboxylic acids is 1. The maximum Gasteiger partial charge on any atom is 0.407 e. The third kappa shape index (κ3) is 4.07. The Hall–Kier alpha value is -3.35. The molecule has 0 saturated carbocycles. The Labute approximate surface area is 187 Å². The minimum atomic E-state index is -0.898. The highest BCUT2D eigenvalue weighted by Crippen LogP contribution is 2.44. The van der Waals surface area contributed by atoms with Crippen molar-refractivity contribution >= 4 is 18.0 Å². The highest BCUT2D eigenvalue weighted by atomic mass is 16.5. The van der Waals surface area contributed by atoms with Crippen molar-refractivity contribution in [3.8, 4) is 11.1 Å². The van der Waals surface area contributed by atoms with Gasteiger partial charge in [-0.25, -0.2) is 4.79 Å². The van der Waals surface area contributed by atoms with E-state index in [1.54, 1.807) is 6.92 Å². The molecular weight excluding hydrogens is 408 g/mol. The predicted molar refractivity (Wildman–Crippen MR) is 119 cm³/mol. The van der Waals surface area contributed by atoms with Crippen LogP contribution in [0.1, 0.15) is 37.3 Å². The third-order valence-corrected chi connectivity index (χ3v) is 6.58. The van der Waals surface area contributed by atoms with Crippen LogP contribution in [-0.2, 0) is 14.3 Å². The molecule has 0 unspecified atom stereocenters. The normalized spacial score (nSPS) is 20.4. The standard InChI is InChI=1S/C25H28N2O5/c1-3-22(23(28)27-12-15(2)20(13-27)24(29)30)26-25(31)32-14-21-18-10-6-4-8-16(18)17-9-5-7-11-19(17)21/h4-11,15,20-22H,3,12-14H2,1-2H3,(H,26,31)(H,29,30)/t15-,20-,22-/m0/s1. The highest BCUT2D eigenvalue weighted by molar-refractivity contribution is 5.87. The van der Waals surface area contributed by atoms with Crippen LogP contribution < -0.4 is 5.32 Å². The monoisotopic (exact) mass is 436 g/mol. The van der Waals surface area contributed by atoms with Crippen molar-refractivity contribution in [2.24, 2.45) is 11.8 Å². The van der Waals surface area contributed by atoms with Crippen molar-refractivity contribution < 1.29 is 24.2 Å². The van der Waals surface area contributed by atoms with Gasteiger partial charge in [-0.3, -0.25) is 9.59 Å². The van der Waals surface area contributed by atoms with Crippen LogP contribution in [0.15, 0.2) is 48.5 Å². The summed E-state index contributed by atoms with van der Waals surface area (Å²) in [5.74, 6) is -1.92. The number of nitrogens with zero attached hydrogens (tertiary/aromatic N) is 1. The van der Waals surface area contributed by atoms with Gasteiger partial charge in [0.05, 0.1) is 5.92 Å². The van der Waals surface area contributed by atoms with E-state index in [0.29, 0.717) is 13.0 Å². The molecule has 1 heterocycles. The molecule has 7 nitrogen and oxygen atoms in total. The van der Waals surface area contributed by atoms with E-state index in [2.05, 4.69) is 17.4 Å². The Bertz CT molecular complexity index is 991. The zero-order chi connectivity index (χ0) is 22.8. The van der Waals surface area contributed by atoms with Crippen LogP contribution in [0.3, 0.4) is 0 Å². The van der Waals surface area contributed by atoms with Crippen LogP contribution in [0.4, 0.5) is 4.79 Å². The van der Waals surface area contributed by atoms with Gasteiger partial charge < -0.3 is 20.1 Å². The molecule has 2 aromatic rings. The van der Waals surface area contributed by atoms with Crippen LogP contribution in [0.2, 0.25) is 0 Å². The number of carbonyl (C=O) groups is 3. The smallest absolute Gasteiger partial charge is 0.407 e. The van der Waals surface area contributed by atoms with Gasteiger partial charge >= 0.3 is 12.1 Å². The summed E-state index contributed by atoms with van der Waals surface area (Å²) in [7, 11) is 0. The van der Waals surface area contributed by atoms with E-state index < -0.39 is 24.0 Å². The first-order chi connectivity index (χ1) is 15.4. The Morgan fingerprint density at radius 2 is 1.66 bits per heavy atom. The predicted octanol–water partition coefficient (Wildman–Crippen LogP) is 3.48. The Balaban J connectivity index is 1.38. The van der Waals surface area contributed by atoms with Crippen molar-refractivity contribution in [3.05, 3.63) is 59.7 Å². The van der Waals surface area contributed by atoms with E-state index in [-0.39, 0.29) is 30.9 Å². The fourth-order valence-electron chi connectivity index (χ4n) is 4.81. The van der Waals surface area contributed by atoms with Gasteiger partial charge in [0.1, 0.15) is 12.6 Å². The summed E-state index contributed by atoms with van der Waals surface area (Å²) in [5.41, 5.74) is 4.54. The number of carbonyl (C=O) groups excluding carboxylic acids is 2. The first kappa shape index (κ1) is 21.9. The van der Waals surface area contributed by atoms with Gasteiger partial charge in [-0.15, -0.1) is 0 Å². The summed E-state index contributed by atoms with van der Waals surface area (Å²) in [4.78, 5) is 38.3. The van der Waals surface area contributed by atoms with E-state index in [4.69, 9.17) is 4.74 Å². The summed E-state index contributed by atoms with van der Waals surface area (Å²) in [6.45, 7) is 4.34. The zero-order valence-electron chi connectivity index (χ0n) is 18.3. The Morgan fingerprint density at radius 3 is 2.19 bits per heavy atom. The lowest BCUT2D eigenvalue weighted by Crippen LogP contribution is -2.48. The number of amides is 2. The number of hydrogen-bond donors (Lipinski definition) is 2. The van der Waals surface area contributed by atoms with Gasteiger partial charge in [0.15, 0.2) is 0 Å². The number of alkyl carbamates (subject to hydrolysis) is 1. The molecule has 2 aromatic carbocycles. The largest absolute Gasteiger partial charge is 0.481 e. The molecule has 0 radical (unpaired) electrons. The second-order valence-corrected chi connectivity index (χ2v) is 8.60. The maximum absolute atomic E-state index is 12.9. The summed E-state index contributed by atoms with van der Waals surface area (Å²) in [6, 6.07) is 15.4. The van der Waals surface area contributed by atoms with Gasteiger partial charge in [0.2, 0.25) is 5.91 Å². The first-order valence-electron chi connectivity index (χ1n) is 11.0. The Morgan fingerprint density at radius 1 is 1.06 bits per heavy atom. The van der Waals surface area contributed by atoms with Gasteiger partial charge in [-0.05, 0) is 34.6 Å². The van der Waals surface area contributed by atoms with Crippen molar-refractivity contribution in [2.75, 3.05) is 19.7 Å². The molecule has 1 saturated heterocycles. The molecule has 0 bridgehead atoms. The number of fused-ring (bicyclic) bond motifs is 3. The number of ether oxygens (including phenoxy) is 1. The number of hydrogen-bond acceptors (Lipinski definition) is 4. The minimum absolute atomic E-state index is 0.0558. The summed E-state index contributed by atoms with van der Waals surface area (Å²) >= 11 is 0. The molecule has 3 atom stereocenters. The molecule has 7 heteroatoms. The van der Waals surface area contributed by atoms with Crippen LogP contribution in [0.25, 0.3) is 11.1 Å². The average Bonchev–Trinajstić information content (AvgIpc) is 3.34. The van der Waals surface area contributed by atoms with Gasteiger partial charge in [-0.2, -0.15) is 0 Å². The molecule has 2 aliphatic rings. The van der Waals surface area contributed by atoms with Crippen LogP contribution in [0, 0.1) is 11.8 Å². The molecule has 32 heavy (non-hydrogen) atoms. The fraction of sp³-hybridized carbons (Fsp3) is 0.400. The number of carboxylic acid groups (broad SMARTS) is 1. The van der Waals surface area contributed by atoms with E-state index in [9.17, 15) is 19.5 Å². The van der Waals surface area contributed by atoms with Crippen molar-refractivity contribution in [1.29, 1.82) is 0 Å². The van der Waals surface area contributed by atoms with Crippen molar-refractivity contribution in [2.45, 2.75) is 32.2 Å². The number of carboxylic acids is 1. The third-order valence-electron chi connectivity index (χ3n) is 6.58. The summed E-state index contributed by atoms with van der Waals surface area (Å²) in [6.07, 6.45) is -0.250. The van der Waals surface area contributed by atoms with Crippen molar-refractivity contribution in [1.82, 2.24) is 10.2 Å². The van der Waals surface area contributed by atoms with Crippen molar-refractivity contribution in [3.63, 3.8) is 0 Å². The molecule has 0 aromatic heterocycles. The van der Waals surface area contributed by atoms with Crippen LogP contribution in [-0.4, -0.2) is 53.7 Å². The van der Waals surface area contributed by atoms with Gasteiger partial charge in [0.25, 0.3) is 0 Å². The zero-order valence-corrected chi connectivity index (χ0v) is 18.3. The average molecular weight is 437 g/mol. The van der Waals surface area contributed by atoms with E-state index in [0.717, 1.165) is 22.3 Å². The summed E-state index contributed by atoms with van der Waals surface area (Å²) in [5, 5.41) is 12.0. The number of rotatable bonds is 6. The lowest BCUT2D eigenvalue weighted by atomic mass is 9.98. The minimum Gasteiger partial charge on any atom is -0.481 e. The van der Waals surface area contributed by atoms with E-state index >= 15 is 0 Å². The van der Waals surface area contributed by atoms with E-state index in [1.165, 1.54) is 4.90 Å². The SMILES string of the molecule is CC[C@H](NC(=O)OCC1c2ccccc2-c2ccccc21)C(=O)N1C[C@H](C(=O)O)[C@@H](C)C1. The second kappa shape index (κ2) is 9.02. The summed E-state index contributed by atoms with van der Waals surface area (Å²) < 4.78 is 5.55. The topological polar surface area (TPSA) is 95.9 Å². The second-order valence-electron chi connectivity index (χ2n) is 8.60. The molecule has 1 aliphatic carbocycles. The maximum atomic E-state index is 12.9. The van der Waals surface area contributed by atoms with Crippen LogP contribution in [0.5, 0.6) is 0 Å². The molecule has 1 fully saturated rings. The van der Waals surface area contributed by atoms with Crippen LogP contribution >= 0.6 is 0 Å². The molecular formula is C25H28N2O5. The molecule has 4 rings (SSSR count). The molecule has 2 N–H and O–H groups in total. The molecule has 168 valence electrons. The van der Waals surface area contributed by atoms with E-state index in [1.807, 2.05) is 43.3 Å². The first-order valence-corrected chi connectivity index (χ1v) is 11.0.